The number of hydrogen-bond donors (Lipinski definition) is 0. The van der Waals surface area contributed by atoms with E-state index in [0.717, 1.165) is 24.9 Å². The molecular formula is C17H24N2O3S. The largest absolute Gasteiger partial charge is 0.312 e. The number of benzene rings is 1. The second kappa shape index (κ2) is 6.61. The second-order valence-electron chi connectivity index (χ2n) is 6.38. The topological polar surface area (TPSA) is 57.7 Å². The molecule has 2 aliphatic heterocycles. The molecule has 1 atom stereocenters. The molecule has 0 aliphatic carbocycles. The van der Waals surface area contributed by atoms with Gasteiger partial charge >= 0.3 is 0 Å². The Morgan fingerprint density at radius 1 is 1.26 bits per heavy atom. The van der Waals surface area contributed by atoms with Crippen LogP contribution in [0.4, 0.5) is 5.69 Å². The molecule has 1 fully saturated rings. The van der Waals surface area contributed by atoms with Crippen LogP contribution in [0.5, 0.6) is 0 Å². The zero-order valence-corrected chi connectivity index (χ0v) is 14.4. The van der Waals surface area contributed by atoms with Crippen molar-refractivity contribution in [1.82, 2.24) is 4.31 Å². The Bertz CT molecular complexity index is 687. The fourth-order valence-corrected chi connectivity index (χ4v) is 5.16. The van der Waals surface area contributed by atoms with Crippen LogP contribution in [0.3, 0.4) is 0 Å². The van der Waals surface area contributed by atoms with Crippen molar-refractivity contribution < 1.29 is 13.2 Å². The number of nitrogens with zero attached hydrogens (tertiary/aromatic N) is 2. The highest BCUT2D eigenvalue weighted by molar-refractivity contribution is 7.89. The molecule has 1 unspecified atom stereocenters. The fourth-order valence-electron chi connectivity index (χ4n) is 3.57. The van der Waals surface area contributed by atoms with E-state index in [2.05, 4.69) is 6.07 Å². The molecule has 0 aromatic heterocycles. The molecule has 6 heteroatoms. The first-order valence-electron chi connectivity index (χ1n) is 8.40. The van der Waals surface area contributed by atoms with Crippen LogP contribution in [-0.4, -0.2) is 44.0 Å². The summed E-state index contributed by atoms with van der Waals surface area (Å²) in [5.74, 6) is 0.0216. The van der Waals surface area contributed by atoms with Crippen LogP contribution in [-0.2, 0) is 21.2 Å². The molecule has 126 valence electrons. The van der Waals surface area contributed by atoms with Gasteiger partial charge in [-0.2, -0.15) is 0 Å². The lowest BCUT2D eigenvalue weighted by Crippen LogP contribution is -2.47. The van der Waals surface area contributed by atoms with Crippen molar-refractivity contribution in [3.63, 3.8) is 0 Å². The van der Waals surface area contributed by atoms with Crippen LogP contribution in [0, 0.1) is 5.92 Å². The van der Waals surface area contributed by atoms with Gasteiger partial charge < -0.3 is 4.90 Å². The molecule has 23 heavy (non-hydrogen) atoms. The standard InChI is InChI=1S/C17H24N2O3S/c1-2-12-23(21,22)18-10-5-7-15(13-18)17(20)19-11-9-14-6-3-4-8-16(14)19/h3-4,6,8,15H,2,5,7,9-13H2,1H3. The van der Waals surface area contributed by atoms with E-state index in [1.807, 2.05) is 30.0 Å². The van der Waals surface area contributed by atoms with E-state index < -0.39 is 10.0 Å². The Kier molecular flexibility index (Phi) is 4.73. The quantitative estimate of drug-likeness (QED) is 0.845. The van der Waals surface area contributed by atoms with Crippen molar-refractivity contribution in [3.05, 3.63) is 29.8 Å². The van der Waals surface area contributed by atoms with Crippen LogP contribution >= 0.6 is 0 Å². The summed E-state index contributed by atoms with van der Waals surface area (Å²) in [6.07, 6.45) is 3.02. The van der Waals surface area contributed by atoms with E-state index in [9.17, 15) is 13.2 Å². The predicted octanol–water partition coefficient (Wildman–Crippen LogP) is 2.03. The van der Waals surface area contributed by atoms with Crippen molar-refractivity contribution in [1.29, 1.82) is 0 Å². The maximum Gasteiger partial charge on any atom is 0.231 e. The third-order valence-corrected chi connectivity index (χ3v) is 6.78. The van der Waals surface area contributed by atoms with Crippen LogP contribution in [0.25, 0.3) is 0 Å². The average Bonchev–Trinajstić information content (AvgIpc) is 2.98. The Balaban J connectivity index is 1.74. The van der Waals surface area contributed by atoms with Crippen LogP contribution in [0.15, 0.2) is 24.3 Å². The van der Waals surface area contributed by atoms with Crippen LogP contribution < -0.4 is 4.90 Å². The van der Waals surface area contributed by atoms with Gasteiger partial charge in [-0.25, -0.2) is 12.7 Å². The number of carbonyl (C=O) groups excluding carboxylic acids is 1. The third kappa shape index (κ3) is 3.28. The van der Waals surface area contributed by atoms with Gasteiger partial charge in [0.25, 0.3) is 0 Å². The minimum absolute atomic E-state index is 0.0753. The number of sulfonamides is 1. The van der Waals surface area contributed by atoms with Crippen LogP contribution in [0.1, 0.15) is 31.7 Å². The summed E-state index contributed by atoms with van der Waals surface area (Å²) in [5.41, 5.74) is 2.19. The minimum Gasteiger partial charge on any atom is -0.312 e. The number of hydrogen-bond acceptors (Lipinski definition) is 3. The van der Waals surface area contributed by atoms with Crippen LogP contribution in [0.2, 0.25) is 0 Å². The number of carbonyl (C=O) groups is 1. The number of para-hydroxylation sites is 1. The second-order valence-corrected chi connectivity index (χ2v) is 8.47. The number of amides is 1. The van der Waals surface area contributed by atoms with Crippen molar-refractivity contribution >= 4 is 21.6 Å². The van der Waals surface area contributed by atoms with Gasteiger partial charge in [-0.15, -0.1) is 0 Å². The Hall–Kier alpha value is -1.40. The lowest BCUT2D eigenvalue weighted by atomic mass is 9.98. The van der Waals surface area contributed by atoms with Crippen molar-refractivity contribution in [2.45, 2.75) is 32.6 Å². The van der Waals surface area contributed by atoms with Gasteiger partial charge in [-0.1, -0.05) is 25.1 Å². The smallest absolute Gasteiger partial charge is 0.231 e. The van der Waals surface area contributed by atoms with E-state index >= 15 is 0 Å². The first-order valence-corrected chi connectivity index (χ1v) is 10.0. The highest BCUT2D eigenvalue weighted by Gasteiger charge is 2.35. The van der Waals surface area contributed by atoms with E-state index in [-0.39, 0.29) is 17.6 Å². The molecule has 0 spiro atoms. The molecule has 0 bridgehead atoms. The molecular weight excluding hydrogens is 312 g/mol. The SMILES string of the molecule is CCCS(=O)(=O)N1CCCC(C(=O)N2CCc3ccccc32)C1. The maximum atomic E-state index is 12.9. The number of rotatable bonds is 4. The highest BCUT2D eigenvalue weighted by atomic mass is 32.2. The van der Waals surface area contributed by atoms with Gasteiger partial charge in [0.15, 0.2) is 0 Å². The molecule has 1 aromatic carbocycles. The minimum atomic E-state index is -3.22. The van der Waals surface area contributed by atoms with Crippen molar-refractivity contribution in [3.8, 4) is 0 Å². The lowest BCUT2D eigenvalue weighted by Gasteiger charge is -2.33. The van der Waals surface area contributed by atoms with Gasteiger partial charge in [-0.3, -0.25) is 4.79 Å². The third-order valence-electron chi connectivity index (χ3n) is 4.74. The maximum absolute atomic E-state index is 12.9. The van der Waals surface area contributed by atoms with Gasteiger partial charge in [0.1, 0.15) is 0 Å². The van der Waals surface area contributed by atoms with Gasteiger partial charge in [0.05, 0.1) is 11.7 Å². The molecule has 2 heterocycles. The monoisotopic (exact) mass is 336 g/mol. The van der Waals surface area contributed by atoms with E-state index in [1.165, 1.54) is 9.87 Å². The first-order chi connectivity index (χ1) is 11.0. The summed E-state index contributed by atoms with van der Waals surface area (Å²) < 4.78 is 26.1. The Morgan fingerprint density at radius 2 is 2.04 bits per heavy atom. The summed E-state index contributed by atoms with van der Waals surface area (Å²) in [5, 5.41) is 0. The van der Waals surface area contributed by atoms with Crippen molar-refractivity contribution in [2.24, 2.45) is 5.92 Å². The van der Waals surface area contributed by atoms with Gasteiger partial charge in [0.2, 0.25) is 15.9 Å². The fraction of sp³-hybridized carbons (Fsp3) is 0.588. The Labute approximate surface area is 138 Å². The van der Waals surface area contributed by atoms with Crippen molar-refractivity contribution in [2.75, 3.05) is 30.3 Å². The number of fused-ring (bicyclic) bond motifs is 1. The number of anilines is 1. The molecule has 0 saturated carbocycles. The van der Waals surface area contributed by atoms with E-state index in [4.69, 9.17) is 0 Å². The predicted molar refractivity (Wildman–Crippen MR) is 90.9 cm³/mol. The molecule has 1 aromatic rings. The Morgan fingerprint density at radius 3 is 2.83 bits per heavy atom. The zero-order chi connectivity index (χ0) is 16.4. The van der Waals surface area contributed by atoms with Gasteiger partial charge in [0, 0.05) is 25.3 Å². The molecule has 1 saturated heterocycles. The summed E-state index contributed by atoms with van der Waals surface area (Å²) >= 11 is 0. The summed E-state index contributed by atoms with van der Waals surface area (Å²) in [4.78, 5) is 14.7. The normalized spacial score (nSPS) is 22.1. The summed E-state index contributed by atoms with van der Waals surface area (Å²) in [6.45, 7) is 3.45. The summed E-state index contributed by atoms with van der Waals surface area (Å²) in [7, 11) is -3.22. The summed E-state index contributed by atoms with van der Waals surface area (Å²) in [6, 6.07) is 7.98. The average molecular weight is 336 g/mol. The molecule has 5 nitrogen and oxygen atoms in total. The molecule has 3 rings (SSSR count). The van der Waals surface area contributed by atoms with Gasteiger partial charge in [-0.05, 0) is 37.3 Å². The van der Waals surface area contributed by atoms with E-state index in [0.29, 0.717) is 26.1 Å². The lowest BCUT2D eigenvalue weighted by molar-refractivity contribution is -0.123. The molecule has 0 N–H and O–H groups in total. The zero-order valence-electron chi connectivity index (χ0n) is 13.6. The number of piperidine rings is 1. The molecule has 1 amide bonds. The first kappa shape index (κ1) is 16.5. The van der Waals surface area contributed by atoms with E-state index in [1.54, 1.807) is 0 Å². The molecule has 0 radical (unpaired) electrons. The highest BCUT2D eigenvalue weighted by Crippen LogP contribution is 2.31. The molecule has 2 aliphatic rings.